The molecule has 5 atom stereocenters. The largest absolute Gasteiger partial charge is 0.493 e. The maximum absolute atomic E-state index is 14.9. The number of aromatic nitrogens is 3. The zero-order valence-electron chi connectivity index (χ0n) is 27.8. The van der Waals surface area contributed by atoms with Crippen molar-refractivity contribution in [3.05, 3.63) is 40.4 Å². The van der Waals surface area contributed by atoms with Crippen molar-refractivity contribution >= 4 is 42.8 Å². The summed E-state index contributed by atoms with van der Waals surface area (Å²) < 4.78 is 68.9. The first-order chi connectivity index (χ1) is 22.4. The Morgan fingerprint density at radius 3 is 2.38 bits per heavy atom. The normalized spacial score (nSPS) is 25.0. The molecule has 9 nitrogen and oxygen atoms in total. The van der Waals surface area contributed by atoms with E-state index in [2.05, 4.69) is 33.9 Å². The zero-order chi connectivity index (χ0) is 33.5. The molecule has 3 aromatic rings. The Bertz CT molecular complexity index is 1560. The van der Waals surface area contributed by atoms with Gasteiger partial charge in [-0.2, -0.15) is 4.98 Å². The molecule has 0 aliphatic carbocycles. The lowest BCUT2D eigenvalue weighted by Crippen LogP contribution is -2.47. The zero-order valence-corrected chi connectivity index (χ0v) is 30.4. The third-order valence-corrected chi connectivity index (χ3v) is 15.3. The molecule has 0 spiro atoms. The number of halogens is 3. The van der Waals surface area contributed by atoms with Crippen LogP contribution in [-0.4, -0.2) is 73.7 Å². The molecule has 0 radical (unpaired) electrons. The topological polar surface area (TPSA) is 86.1 Å². The Morgan fingerprint density at radius 2 is 1.72 bits per heavy atom. The standard InChI is InChI=1S/C33H44ClF2N3O6SSi/c1-7-11-40-19-13-22(35)20(23(36)14-19)18-46-31-21(34)15-24-30(38-31)39(27-10-8-9-12-41-27)32(37-24)44-25-16-42-29-26(17-43-28(25)29)45-47(5,6)33(2,3)4/h13-15,25-29H,7-12,16-18H2,1-6H3/t25-,26-,27?,28-,29-/m1/s1. The molecule has 1 aromatic carbocycles. The summed E-state index contributed by atoms with van der Waals surface area (Å²) >= 11 is 7.81. The van der Waals surface area contributed by atoms with Crippen LogP contribution in [-0.2, 0) is 24.4 Å². The van der Waals surface area contributed by atoms with Crippen LogP contribution in [0.25, 0.3) is 11.2 Å². The Kier molecular flexibility index (Phi) is 10.4. The molecule has 3 fully saturated rings. The second-order valence-electron chi connectivity index (χ2n) is 13.9. The minimum absolute atomic E-state index is 0.0146. The fourth-order valence-corrected chi connectivity index (χ4v) is 8.34. The van der Waals surface area contributed by atoms with Crippen molar-refractivity contribution in [2.45, 2.75) is 113 Å². The van der Waals surface area contributed by atoms with Gasteiger partial charge in [-0.05, 0) is 49.9 Å². The molecule has 14 heteroatoms. The van der Waals surface area contributed by atoms with Crippen LogP contribution in [0.2, 0.25) is 23.2 Å². The van der Waals surface area contributed by atoms with Crippen LogP contribution in [0.3, 0.4) is 0 Å². The summed E-state index contributed by atoms with van der Waals surface area (Å²) in [6, 6.07) is 4.46. The van der Waals surface area contributed by atoms with E-state index in [0.717, 1.165) is 37.4 Å². The molecule has 47 heavy (non-hydrogen) atoms. The van der Waals surface area contributed by atoms with E-state index < -0.39 is 26.1 Å². The highest BCUT2D eigenvalue weighted by Crippen LogP contribution is 2.42. The minimum atomic E-state index is -2.04. The van der Waals surface area contributed by atoms with Crippen LogP contribution < -0.4 is 9.47 Å². The van der Waals surface area contributed by atoms with Gasteiger partial charge in [0.2, 0.25) is 0 Å². The Balaban J connectivity index is 1.24. The minimum Gasteiger partial charge on any atom is -0.493 e. The highest BCUT2D eigenvalue weighted by Gasteiger charge is 2.52. The Labute approximate surface area is 285 Å². The first kappa shape index (κ1) is 34.8. The number of hydrogen-bond acceptors (Lipinski definition) is 9. The highest BCUT2D eigenvalue weighted by atomic mass is 35.5. The van der Waals surface area contributed by atoms with E-state index in [4.69, 9.17) is 49.7 Å². The molecule has 3 aliphatic heterocycles. The van der Waals surface area contributed by atoms with Crippen molar-refractivity contribution in [1.82, 2.24) is 14.5 Å². The van der Waals surface area contributed by atoms with Crippen LogP contribution in [0.5, 0.6) is 11.8 Å². The van der Waals surface area contributed by atoms with E-state index in [0.29, 0.717) is 53.7 Å². The molecule has 1 unspecified atom stereocenters. The number of rotatable bonds is 11. The quantitative estimate of drug-likeness (QED) is 0.145. The van der Waals surface area contributed by atoms with Crippen LogP contribution in [0.15, 0.2) is 23.2 Å². The molecular formula is C33H44ClF2N3O6SSi. The van der Waals surface area contributed by atoms with Gasteiger partial charge in [-0.1, -0.05) is 51.1 Å². The van der Waals surface area contributed by atoms with Crippen molar-refractivity contribution < 1.29 is 36.9 Å². The fraction of sp³-hybridized carbons (Fsp3) is 0.636. The van der Waals surface area contributed by atoms with Gasteiger partial charge in [-0.15, -0.1) is 0 Å². The molecular weight excluding hydrogens is 668 g/mol. The monoisotopic (exact) mass is 711 g/mol. The number of fused-ring (bicyclic) bond motifs is 2. The molecule has 2 aromatic heterocycles. The molecule has 3 aliphatic rings. The van der Waals surface area contributed by atoms with Gasteiger partial charge in [-0.3, -0.25) is 4.57 Å². The number of thioether (sulfide) groups is 1. The SMILES string of the molecule is CCCOc1cc(F)c(CSc2nc3c(cc2Cl)nc(O[C@@H]2CO[C@H]4[C@@H]2OC[C@H]4O[Si](C)(C)C(C)(C)C)n3C2CCCCO2)c(F)c1. The van der Waals surface area contributed by atoms with Gasteiger partial charge in [0.1, 0.15) is 46.4 Å². The van der Waals surface area contributed by atoms with Crippen molar-refractivity contribution in [1.29, 1.82) is 0 Å². The molecule has 5 heterocycles. The second kappa shape index (κ2) is 14.1. The number of benzene rings is 1. The first-order valence-corrected chi connectivity index (χ1v) is 20.6. The first-order valence-electron chi connectivity index (χ1n) is 16.4. The summed E-state index contributed by atoms with van der Waals surface area (Å²) in [4.78, 5) is 9.64. The van der Waals surface area contributed by atoms with Gasteiger partial charge < -0.3 is 28.1 Å². The third-order valence-electron chi connectivity index (χ3n) is 9.41. The van der Waals surface area contributed by atoms with E-state index in [1.165, 1.54) is 12.1 Å². The fourth-order valence-electron chi connectivity index (χ4n) is 5.81. The van der Waals surface area contributed by atoms with E-state index >= 15 is 0 Å². The molecule has 258 valence electrons. The smallest absolute Gasteiger partial charge is 0.301 e. The lowest BCUT2D eigenvalue weighted by atomic mass is 10.1. The molecule has 0 saturated carbocycles. The summed E-state index contributed by atoms with van der Waals surface area (Å²) in [6.07, 6.45) is 1.96. The van der Waals surface area contributed by atoms with Crippen molar-refractivity contribution in [2.24, 2.45) is 0 Å². The number of pyridine rings is 1. The second-order valence-corrected chi connectivity index (χ2v) is 20.0. The average molecular weight is 712 g/mol. The predicted molar refractivity (Wildman–Crippen MR) is 179 cm³/mol. The summed E-state index contributed by atoms with van der Waals surface area (Å²) in [5.74, 6) is -1.21. The van der Waals surface area contributed by atoms with Crippen molar-refractivity contribution in [3.8, 4) is 11.8 Å². The number of hydrogen-bond donors (Lipinski definition) is 0. The molecule has 0 N–H and O–H groups in total. The summed E-state index contributed by atoms with van der Waals surface area (Å²) in [7, 11) is -2.04. The lowest BCUT2D eigenvalue weighted by molar-refractivity contribution is -0.0407. The Morgan fingerprint density at radius 1 is 1.02 bits per heavy atom. The highest BCUT2D eigenvalue weighted by molar-refractivity contribution is 7.98. The summed E-state index contributed by atoms with van der Waals surface area (Å²) in [5, 5.41) is 0.800. The van der Waals surface area contributed by atoms with Gasteiger partial charge >= 0.3 is 6.01 Å². The van der Waals surface area contributed by atoms with E-state index in [9.17, 15) is 8.78 Å². The Hall–Kier alpha value is -2.00. The van der Waals surface area contributed by atoms with Gasteiger partial charge in [-0.25, -0.2) is 13.8 Å². The van der Waals surface area contributed by atoms with Crippen LogP contribution in [0, 0.1) is 11.6 Å². The van der Waals surface area contributed by atoms with E-state index in [-0.39, 0.29) is 46.6 Å². The number of ether oxygens (including phenoxy) is 5. The van der Waals surface area contributed by atoms with Crippen molar-refractivity contribution in [3.63, 3.8) is 0 Å². The van der Waals surface area contributed by atoms with Gasteiger partial charge in [0.15, 0.2) is 20.1 Å². The van der Waals surface area contributed by atoms with Crippen LogP contribution in [0.1, 0.15) is 65.2 Å². The molecule has 0 bridgehead atoms. The summed E-state index contributed by atoms with van der Waals surface area (Å²) in [5.41, 5.74) is 0.971. The lowest BCUT2D eigenvalue weighted by Gasteiger charge is -2.39. The molecule has 6 rings (SSSR count). The predicted octanol–water partition coefficient (Wildman–Crippen LogP) is 8.08. The van der Waals surface area contributed by atoms with Crippen LogP contribution in [0.4, 0.5) is 8.78 Å². The van der Waals surface area contributed by atoms with Gasteiger partial charge in [0.05, 0.1) is 30.9 Å². The van der Waals surface area contributed by atoms with E-state index in [1.54, 1.807) is 6.07 Å². The van der Waals surface area contributed by atoms with Gasteiger partial charge in [0.25, 0.3) is 0 Å². The van der Waals surface area contributed by atoms with Crippen molar-refractivity contribution in [2.75, 3.05) is 26.4 Å². The maximum atomic E-state index is 14.9. The summed E-state index contributed by atoms with van der Waals surface area (Å²) in [6.45, 7) is 14.8. The third kappa shape index (κ3) is 7.31. The average Bonchev–Trinajstić information content (AvgIpc) is 3.70. The van der Waals surface area contributed by atoms with Crippen LogP contribution >= 0.6 is 23.4 Å². The molecule has 3 saturated heterocycles. The number of nitrogens with zero attached hydrogens (tertiary/aromatic N) is 3. The maximum Gasteiger partial charge on any atom is 0.301 e. The molecule has 0 amide bonds. The van der Waals surface area contributed by atoms with E-state index in [1.807, 2.05) is 11.5 Å². The van der Waals surface area contributed by atoms with Gasteiger partial charge in [0, 0.05) is 30.1 Å². The number of imidazole rings is 1.